The van der Waals surface area contributed by atoms with Gasteiger partial charge < -0.3 is 14.8 Å². The number of alkyl halides is 3. The van der Waals surface area contributed by atoms with Gasteiger partial charge in [-0.15, -0.1) is 0 Å². The summed E-state index contributed by atoms with van der Waals surface area (Å²) in [6, 6.07) is 8.17. The molecule has 0 aliphatic carbocycles. The zero-order valence-corrected chi connectivity index (χ0v) is 18.2. The molecule has 2 aromatic rings. The summed E-state index contributed by atoms with van der Waals surface area (Å²) in [5.41, 5.74) is -0.701. The van der Waals surface area contributed by atoms with Crippen molar-refractivity contribution in [3.05, 3.63) is 53.6 Å². The summed E-state index contributed by atoms with van der Waals surface area (Å²) >= 11 is 0. The summed E-state index contributed by atoms with van der Waals surface area (Å²) in [7, 11) is -1.10. The fourth-order valence-corrected chi connectivity index (χ4v) is 3.76. The fourth-order valence-electron chi connectivity index (χ4n) is 2.91. The van der Waals surface area contributed by atoms with Crippen molar-refractivity contribution in [3.63, 3.8) is 0 Å². The van der Waals surface area contributed by atoms with Crippen LogP contribution in [0.4, 0.5) is 18.9 Å². The second-order valence-corrected chi connectivity index (χ2v) is 8.62. The van der Waals surface area contributed by atoms with Gasteiger partial charge >= 0.3 is 6.18 Å². The van der Waals surface area contributed by atoms with Gasteiger partial charge in [-0.1, -0.05) is 6.07 Å². The Morgan fingerprint density at radius 2 is 1.81 bits per heavy atom. The summed E-state index contributed by atoms with van der Waals surface area (Å²) in [4.78, 5) is 12.6. The lowest BCUT2D eigenvalue weighted by atomic mass is 10.1. The van der Waals surface area contributed by atoms with E-state index in [0.717, 1.165) is 18.4 Å². The first kappa shape index (κ1) is 24.3. The SMILES string of the molecule is COc1ccc(OC)c([C@H](C)NC(=O)CN(c2cccc(C(F)(F)F)c2)S(C)(=O)=O)c1. The normalized spacial score (nSPS) is 12.7. The van der Waals surface area contributed by atoms with E-state index in [9.17, 15) is 26.4 Å². The number of methoxy groups -OCH3 is 2. The molecule has 170 valence electrons. The first-order valence-electron chi connectivity index (χ1n) is 9.03. The van der Waals surface area contributed by atoms with Gasteiger partial charge in [-0.05, 0) is 43.3 Å². The van der Waals surface area contributed by atoms with Crippen molar-refractivity contribution in [2.75, 3.05) is 31.3 Å². The van der Waals surface area contributed by atoms with Gasteiger partial charge in [0.15, 0.2) is 0 Å². The summed E-state index contributed by atoms with van der Waals surface area (Å²) in [6.07, 6.45) is -3.84. The molecule has 0 saturated carbocycles. The van der Waals surface area contributed by atoms with Crippen LogP contribution in [0.3, 0.4) is 0 Å². The Kier molecular flexibility index (Phi) is 7.42. The van der Waals surface area contributed by atoms with E-state index >= 15 is 0 Å². The molecule has 1 atom stereocenters. The van der Waals surface area contributed by atoms with Crippen LogP contribution in [0.1, 0.15) is 24.1 Å². The minimum absolute atomic E-state index is 0.265. The number of nitrogens with zero attached hydrogens (tertiary/aromatic N) is 1. The van der Waals surface area contributed by atoms with Gasteiger partial charge in [-0.2, -0.15) is 13.2 Å². The Labute approximate surface area is 178 Å². The molecule has 11 heteroatoms. The molecule has 0 bridgehead atoms. The highest BCUT2D eigenvalue weighted by atomic mass is 32.2. The number of sulfonamides is 1. The quantitative estimate of drug-likeness (QED) is 0.653. The summed E-state index contributed by atoms with van der Waals surface area (Å²) in [6.45, 7) is 0.959. The number of carbonyl (C=O) groups excluding carboxylic acids is 1. The molecule has 1 N–H and O–H groups in total. The Morgan fingerprint density at radius 1 is 1.13 bits per heavy atom. The van der Waals surface area contributed by atoms with E-state index in [1.54, 1.807) is 25.1 Å². The molecule has 0 unspecified atom stereocenters. The zero-order valence-electron chi connectivity index (χ0n) is 17.4. The molecule has 0 spiro atoms. The van der Waals surface area contributed by atoms with Crippen LogP contribution in [0.25, 0.3) is 0 Å². The van der Waals surface area contributed by atoms with Gasteiger partial charge in [-0.25, -0.2) is 8.42 Å². The molecule has 2 rings (SSSR count). The van der Waals surface area contributed by atoms with Crippen molar-refractivity contribution in [1.29, 1.82) is 0 Å². The van der Waals surface area contributed by atoms with Crippen LogP contribution in [-0.4, -0.2) is 41.3 Å². The molecular weight excluding hydrogens is 437 g/mol. The first-order valence-corrected chi connectivity index (χ1v) is 10.9. The third-order valence-electron chi connectivity index (χ3n) is 4.43. The Balaban J connectivity index is 2.27. The highest BCUT2D eigenvalue weighted by Gasteiger charge is 2.32. The molecule has 0 radical (unpaired) electrons. The number of benzene rings is 2. The van der Waals surface area contributed by atoms with Crippen molar-refractivity contribution in [3.8, 4) is 11.5 Å². The standard InChI is InChI=1S/C20H23F3N2O5S/c1-13(17-11-16(29-2)8-9-18(17)30-3)24-19(26)12-25(31(4,27)28)15-7-5-6-14(10-15)20(21,22)23/h5-11,13H,12H2,1-4H3,(H,24,26)/t13-/m0/s1. The van der Waals surface area contributed by atoms with E-state index < -0.39 is 40.3 Å². The largest absolute Gasteiger partial charge is 0.497 e. The number of ether oxygens (including phenoxy) is 2. The van der Waals surface area contributed by atoms with E-state index in [1.807, 2.05) is 0 Å². The molecule has 0 aromatic heterocycles. The van der Waals surface area contributed by atoms with Gasteiger partial charge in [0.05, 0.1) is 37.8 Å². The molecule has 0 aliphatic heterocycles. The van der Waals surface area contributed by atoms with Crippen molar-refractivity contribution in [1.82, 2.24) is 5.32 Å². The van der Waals surface area contributed by atoms with Crippen LogP contribution >= 0.6 is 0 Å². The molecule has 0 fully saturated rings. The highest BCUT2D eigenvalue weighted by molar-refractivity contribution is 7.92. The maximum Gasteiger partial charge on any atom is 0.416 e. The number of nitrogens with one attached hydrogen (secondary N) is 1. The van der Waals surface area contributed by atoms with E-state index in [0.29, 0.717) is 27.4 Å². The lowest BCUT2D eigenvalue weighted by Gasteiger charge is -2.24. The molecule has 7 nitrogen and oxygen atoms in total. The molecular formula is C20H23F3N2O5S. The topological polar surface area (TPSA) is 84.9 Å². The van der Waals surface area contributed by atoms with Crippen molar-refractivity contribution < 1.29 is 35.9 Å². The predicted octanol–water partition coefficient (Wildman–Crippen LogP) is 3.37. The van der Waals surface area contributed by atoms with Crippen molar-refractivity contribution in [2.24, 2.45) is 0 Å². The van der Waals surface area contributed by atoms with E-state index in [2.05, 4.69) is 5.32 Å². The van der Waals surface area contributed by atoms with Gasteiger partial charge in [0.1, 0.15) is 18.0 Å². The van der Waals surface area contributed by atoms with Crippen LogP contribution in [-0.2, 0) is 21.0 Å². The van der Waals surface area contributed by atoms with E-state index in [-0.39, 0.29) is 5.69 Å². The molecule has 1 amide bonds. The van der Waals surface area contributed by atoms with Gasteiger partial charge in [-0.3, -0.25) is 9.10 Å². The number of amides is 1. The maximum absolute atomic E-state index is 13.0. The van der Waals surface area contributed by atoms with Gasteiger partial charge in [0.25, 0.3) is 0 Å². The van der Waals surface area contributed by atoms with Crippen LogP contribution < -0.4 is 19.1 Å². The zero-order chi connectivity index (χ0) is 23.4. The monoisotopic (exact) mass is 460 g/mol. The number of rotatable bonds is 8. The molecule has 0 saturated heterocycles. The predicted molar refractivity (Wildman–Crippen MR) is 110 cm³/mol. The van der Waals surface area contributed by atoms with Crippen molar-refractivity contribution in [2.45, 2.75) is 19.1 Å². The lowest BCUT2D eigenvalue weighted by Crippen LogP contribution is -2.41. The Hall–Kier alpha value is -2.95. The Bertz CT molecular complexity index is 1040. The summed E-state index contributed by atoms with van der Waals surface area (Å²) in [5, 5.41) is 2.64. The van der Waals surface area contributed by atoms with E-state index in [4.69, 9.17) is 9.47 Å². The average molecular weight is 460 g/mol. The minimum Gasteiger partial charge on any atom is -0.497 e. The number of hydrogen-bond donors (Lipinski definition) is 1. The third kappa shape index (κ3) is 6.27. The second-order valence-electron chi connectivity index (χ2n) is 6.71. The number of halogens is 3. The van der Waals surface area contributed by atoms with Gasteiger partial charge in [0.2, 0.25) is 15.9 Å². The molecule has 0 aliphatic rings. The summed E-state index contributed by atoms with van der Waals surface area (Å²) in [5.74, 6) is 0.297. The second kappa shape index (κ2) is 9.46. The molecule has 0 heterocycles. The van der Waals surface area contributed by atoms with Crippen LogP contribution in [0.15, 0.2) is 42.5 Å². The maximum atomic E-state index is 13.0. The number of carbonyl (C=O) groups is 1. The van der Waals surface area contributed by atoms with Crippen LogP contribution in [0.2, 0.25) is 0 Å². The Morgan fingerprint density at radius 3 is 2.35 bits per heavy atom. The molecule has 31 heavy (non-hydrogen) atoms. The minimum atomic E-state index is -4.65. The average Bonchev–Trinajstić information content (AvgIpc) is 2.70. The number of hydrogen-bond acceptors (Lipinski definition) is 5. The smallest absolute Gasteiger partial charge is 0.416 e. The van der Waals surface area contributed by atoms with Crippen LogP contribution in [0.5, 0.6) is 11.5 Å². The van der Waals surface area contributed by atoms with Gasteiger partial charge in [0, 0.05) is 5.56 Å². The lowest BCUT2D eigenvalue weighted by molar-refractivity contribution is -0.137. The molecule has 2 aromatic carbocycles. The van der Waals surface area contributed by atoms with E-state index in [1.165, 1.54) is 20.3 Å². The fraction of sp³-hybridized carbons (Fsp3) is 0.350. The third-order valence-corrected chi connectivity index (χ3v) is 5.57. The van der Waals surface area contributed by atoms with Crippen LogP contribution in [0, 0.1) is 0 Å². The summed E-state index contributed by atoms with van der Waals surface area (Å²) < 4.78 is 74.5. The highest BCUT2D eigenvalue weighted by Crippen LogP contribution is 2.32. The first-order chi connectivity index (χ1) is 14.4. The number of anilines is 1. The van der Waals surface area contributed by atoms with Crippen molar-refractivity contribution >= 4 is 21.6 Å².